The van der Waals surface area contributed by atoms with Crippen LogP contribution in [0.4, 0.5) is 0 Å². The SMILES string of the molecule is CC(C)CNS(=O)(=O)NCC(N)C(C)C. The second-order valence-corrected chi connectivity index (χ2v) is 6.09. The maximum absolute atomic E-state index is 11.4. The quantitative estimate of drug-likeness (QED) is 0.585. The molecule has 15 heavy (non-hydrogen) atoms. The van der Waals surface area contributed by atoms with Gasteiger partial charge in [-0.3, -0.25) is 0 Å². The lowest BCUT2D eigenvalue weighted by Gasteiger charge is -2.16. The third-order valence-electron chi connectivity index (χ3n) is 2.05. The zero-order chi connectivity index (χ0) is 12.1. The van der Waals surface area contributed by atoms with Gasteiger partial charge >= 0.3 is 0 Å². The number of nitrogens with one attached hydrogen (secondary N) is 2. The van der Waals surface area contributed by atoms with Crippen molar-refractivity contribution in [3.8, 4) is 0 Å². The van der Waals surface area contributed by atoms with Crippen molar-refractivity contribution in [3.05, 3.63) is 0 Å². The highest BCUT2D eigenvalue weighted by Gasteiger charge is 2.13. The fraction of sp³-hybridized carbons (Fsp3) is 1.00. The van der Waals surface area contributed by atoms with Crippen LogP contribution in [0.25, 0.3) is 0 Å². The van der Waals surface area contributed by atoms with Crippen LogP contribution >= 0.6 is 0 Å². The van der Waals surface area contributed by atoms with Crippen molar-refractivity contribution in [2.75, 3.05) is 13.1 Å². The molecule has 0 amide bonds. The minimum absolute atomic E-state index is 0.152. The molecule has 0 heterocycles. The number of hydrogen-bond donors (Lipinski definition) is 3. The Morgan fingerprint density at radius 2 is 1.53 bits per heavy atom. The Balaban J connectivity index is 3.94. The molecule has 0 aliphatic heterocycles. The van der Waals surface area contributed by atoms with Gasteiger partial charge < -0.3 is 5.73 Å². The van der Waals surface area contributed by atoms with E-state index < -0.39 is 10.2 Å². The molecule has 0 aliphatic carbocycles. The number of rotatable bonds is 7. The first-order valence-electron chi connectivity index (χ1n) is 5.24. The van der Waals surface area contributed by atoms with Crippen LogP contribution in [0.5, 0.6) is 0 Å². The normalized spacial score (nSPS) is 14.9. The molecule has 0 saturated heterocycles. The predicted molar refractivity (Wildman–Crippen MR) is 62.6 cm³/mol. The second kappa shape index (κ2) is 6.42. The smallest absolute Gasteiger partial charge is 0.276 e. The summed E-state index contributed by atoms with van der Waals surface area (Å²) in [6, 6.07) is -0.152. The average Bonchev–Trinajstić information content (AvgIpc) is 2.11. The summed E-state index contributed by atoms with van der Waals surface area (Å²) >= 11 is 0. The van der Waals surface area contributed by atoms with Gasteiger partial charge in [0.25, 0.3) is 10.2 Å². The topological polar surface area (TPSA) is 84.2 Å². The molecule has 4 N–H and O–H groups in total. The van der Waals surface area contributed by atoms with E-state index in [-0.39, 0.29) is 18.5 Å². The Kier molecular flexibility index (Phi) is 6.35. The lowest BCUT2D eigenvalue weighted by atomic mass is 10.1. The standard InChI is InChI=1S/C9H23N3O2S/c1-7(2)5-11-15(13,14)12-6-9(10)8(3)4/h7-9,11-12H,5-6,10H2,1-4H3. The fourth-order valence-electron chi connectivity index (χ4n) is 0.769. The van der Waals surface area contributed by atoms with Gasteiger partial charge in [0.15, 0.2) is 0 Å². The summed E-state index contributed by atoms with van der Waals surface area (Å²) in [7, 11) is -3.39. The van der Waals surface area contributed by atoms with Gasteiger partial charge in [0.1, 0.15) is 0 Å². The van der Waals surface area contributed by atoms with E-state index in [4.69, 9.17) is 5.73 Å². The van der Waals surface area contributed by atoms with E-state index in [1.165, 1.54) is 0 Å². The van der Waals surface area contributed by atoms with Crippen LogP contribution in [0.15, 0.2) is 0 Å². The maximum Gasteiger partial charge on any atom is 0.276 e. The summed E-state index contributed by atoms with van der Waals surface area (Å²) in [4.78, 5) is 0. The second-order valence-electron chi connectivity index (χ2n) is 4.50. The van der Waals surface area contributed by atoms with Crippen LogP contribution in [-0.4, -0.2) is 27.5 Å². The van der Waals surface area contributed by atoms with E-state index in [1.807, 2.05) is 27.7 Å². The minimum Gasteiger partial charge on any atom is -0.326 e. The highest BCUT2D eigenvalue weighted by Crippen LogP contribution is 1.96. The van der Waals surface area contributed by atoms with Gasteiger partial charge in [0, 0.05) is 19.1 Å². The van der Waals surface area contributed by atoms with E-state index >= 15 is 0 Å². The summed E-state index contributed by atoms with van der Waals surface area (Å²) in [5, 5.41) is 0. The van der Waals surface area contributed by atoms with Crippen molar-refractivity contribution in [3.63, 3.8) is 0 Å². The van der Waals surface area contributed by atoms with Crippen molar-refractivity contribution < 1.29 is 8.42 Å². The van der Waals surface area contributed by atoms with Gasteiger partial charge in [-0.15, -0.1) is 0 Å². The fourth-order valence-corrected chi connectivity index (χ4v) is 1.84. The molecule has 0 aromatic rings. The van der Waals surface area contributed by atoms with E-state index in [0.717, 1.165) is 0 Å². The monoisotopic (exact) mass is 237 g/mol. The molecule has 1 unspecified atom stereocenters. The molecule has 5 nitrogen and oxygen atoms in total. The Morgan fingerprint density at radius 3 is 1.93 bits per heavy atom. The minimum atomic E-state index is -3.39. The van der Waals surface area contributed by atoms with Gasteiger partial charge in [0.05, 0.1) is 0 Å². The van der Waals surface area contributed by atoms with Crippen LogP contribution < -0.4 is 15.2 Å². The Hall–Kier alpha value is -0.170. The zero-order valence-electron chi connectivity index (χ0n) is 9.95. The van der Waals surface area contributed by atoms with Crippen molar-refractivity contribution in [1.29, 1.82) is 0 Å². The third-order valence-corrected chi connectivity index (χ3v) is 3.14. The lowest BCUT2D eigenvalue weighted by molar-refractivity contribution is 0.477. The van der Waals surface area contributed by atoms with Crippen molar-refractivity contribution >= 4 is 10.2 Å². The van der Waals surface area contributed by atoms with Crippen molar-refractivity contribution in [2.24, 2.45) is 17.6 Å². The molecule has 0 aliphatic rings. The molecule has 0 spiro atoms. The summed E-state index contributed by atoms with van der Waals surface area (Å²) in [6.07, 6.45) is 0. The van der Waals surface area contributed by atoms with E-state index in [0.29, 0.717) is 12.5 Å². The van der Waals surface area contributed by atoms with Gasteiger partial charge in [-0.1, -0.05) is 27.7 Å². The summed E-state index contributed by atoms with van der Waals surface area (Å²) < 4.78 is 27.7. The molecule has 0 aromatic carbocycles. The Morgan fingerprint density at radius 1 is 1.07 bits per heavy atom. The van der Waals surface area contributed by atoms with Crippen molar-refractivity contribution in [2.45, 2.75) is 33.7 Å². The molecule has 6 heteroatoms. The first-order valence-corrected chi connectivity index (χ1v) is 6.72. The van der Waals surface area contributed by atoms with Crippen LogP contribution in [0.3, 0.4) is 0 Å². The molecule has 0 radical (unpaired) electrons. The molecular formula is C9H23N3O2S. The first-order chi connectivity index (χ1) is 6.74. The average molecular weight is 237 g/mol. The van der Waals surface area contributed by atoms with E-state index in [2.05, 4.69) is 9.44 Å². The van der Waals surface area contributed by atoms with Crippen molar-refractivity contribution in [1.82, 2.24) is 9.44 Å². The van der Waals surface area contributed by atoms with Gasteiger partial charge in [-0.05, 0) is 11.8 Å². The van der Waals surface area contributed by atoms with Crippen LogP contribution in [0, 0.1) is 11.8 Å². The van der Waals surface area contributed by atoms with Crippen LogP contribution in [0.2, 0.25) is 0 Å². The molecule has 92 valence electrons. The summed E-state index contributed by atoms with van der Waals surface area (Å²) in [5.41, 5.74) is 5.72. The summed E-state index contributed by atoms with van der Waals surface area (Å²) in [6.45, 7) is 8.52. The largest absolute Gasteiger partial charge is 0.326 e. The third kappa shape index (κ3) is 7.72. The van der Waals surface area contributed by atoms with Gasteiger partial charge in [-0.2, -0.15) is 8.42 Å². The Bertz CT molecular complexity index is 263. The zero-order valence-corrected chi connectivity index (χ0v) is 10.8. The van der Waals surface area contributed by atoms with Crippen LogP contribution in [0.1, 0.15) is 27.7 Å². The highest BCUT2D eigenvalue weighted by molar-refractivity contribution is 7.87. The number of nitrogens with two attached hydrogens (primary N) is 1. The molecule has 0 aromatic heterocycles. The molecule has 0 bridgehead atoms. The molecule has 0 rings (SSSR count). The van der Waals surface area contributed by atoms with Gasteiger partial charge in [0.2, 0.25) is 0 Å². The number of hydrogen-bond acceptors (Lipinski definition) is 3. The van der Waals surface area contributed by atoms with E-state index in [1.54, 1.807) is 0 Å². The van der Waals surface area contributed by atoms with Crippen LogP contribution in [-0.2, 0) is 10.2 Å². The lowest BCUT2D eigenvalue weighted by Crippen LogP contribution is -2.45. The Labute approximate surface area is 93.0 Å². The highest BCUT2D eigenvalue weighted by atomic mass is 32.2. The summed E-state index contributed by atoms with van der Waals surface area (Å²) in [5.74, 6) is 0.554. The molecule has 0 fully saturated rings. The molecular weight excluding hydrogens is 214 g/mol. The van der Waals surface area contributed by atoms with Gasteiger partial charge in [-0.25, -0.2) is 9.44 Å². The molecule has 0 saturated carbocycles. The molecule has 1 atom stereocenters. The maximum atomic E-state index is 11.4. The predicted octanol–water partition coefficient (Wildman–Crippen LogP) is 0.0497. The van der Waals surface area contributed by atoms with E-state index in [9.17, 15) is 8.42 Å². The first kappa shape index (κ1) is 14.8.